The van der Waals surface area contributed by atoms with Gasteiger partial charge >= 0.3 is 7.60 Å². The van der Waals surface area contributed by atoms with Crippen LogP contribution in [0.25, 0.3) is 0 Å². The Kier molecular flexibility index (Phi) is 4.16. The van der Waals surface area contributed by atoms with Gasteiger partial charge < -0.3 is 14.2 Å². The molecule has 16 heavy (non-hydrogen) atoms. The molecule has 4 nitrogen and oxygen atoms in total. The Bertz CT molecular complexity index is 411. The molecule has 1 rings (SSSR count). The summed E-state index contributed by atoms with van der Waals surface area (Å²) in [4.78, 5) is 0. The minimum atomic E-state index is -3.66. The summed E-state index contributed by atoms with van der Waals surface area (Å²) in [5.74, 6) is 0. The second-order valence-corrected chi connectivity index (χ2v) is 6.37. The van der Waals surface area contributed by atoms with Crippen LogP contribution in [-0.2, 0) is 19.0 Å². The van der Waals surface area contributed by atoms with Crippen molar-refractivity contribution in [2.45, 2.75) is 12.3 Å². The molecule has 0 fully saturated rings. The molecule has 0 amide bonds. The summed E-state index contributed by atoms with van der Waals surface area (Å²) in [6, 6.07) is 6.58. The van der Waals surface area contributed by atoms with Crippen LogP contribution in [0.15, 0.2) is 24.3 Å². The van der Waals surface area contributed by atoms with Gasteiger partial charge in [-0.15, -0.1) is 0 Å². The number of rotatable bonds is 4. The molecule has 0 aliphatic heterocycles. The van der Waals surface area contributed by atoms with Crippen LogP contribution in [0.2, 0.25) is 5.02 Å². The van der Waals surface area contributed by atoms with Crippen molar-refractivity contribution < 1.29 is 18.7 Å². The number of halogens is 1. The molecular weight excluding hydrogens is 251 g/mol. The summed E-state index contributed by atoms with van der Waals surface area (Å²) in [7, 11) is -1.23. The van der Waals surface area contributed by atoms with E-state index in [2.05, 4.69) is 0 Å². The Labute approximate surface area is 99.7 Å². The molecule has 90 valence electrons. The van der Waals surface area contributed by atoms with Gasteiger partial charge in [0.15, 0.2) is 5.34 Å². The number of benzene rings is 1. The van der Waals surface area contributed by atoms with Crippen LogP contribution >= 0.6 is 19.2 Å². The highest BCUT2D eigenvalue weighted by Gasteiger charge is 2.47. The zero-order valence-electron chi connectivity index (χ0n) is 9.31. The van der Waals surface area contributed by atoms with Crippen molar-refractivity contribution in [2.24, 2.45) is 0 Å². The SMILES string of the molecule is COP(=O)(OC)C(C)(O)c1ccccc1Cl. The normalized spacial score (nSPS) is 15.8. The smallest absolute Gasteiger partial charge is 0.365 e. The monoisotopic (exact) mass is 264 g/mol. The molecule has 1 atom stereocenters. The number of hydrogen-bond acceptors (Lipinski definition) is 4. The average molecular weight is 265 g/mol. The van der Waals surface area contributed by atoms with Crippen molar-refractivity contribution >= 4 is 19.2 Å². The van der Waals surface area contributed by atoms with Crippen LogP contribution in [0, 0.1) is 0 Å². The molecule has 6 heteroatoms. The van der Waals surface area contributed by atoms with Crippen molar-refractivity contribution in [3.8, 4) is 0 Å². The minimum Gasteiger partial charge on any atom is -0.373 e. The summed E-state index contributed by atoms with van der Waals surface area (Å²) in [6.07, 6.45) is 0. The standard InChI is InChI=1S/C10H14ClO4P/c1-10(12,16(13,14-2)15-3)8-6-4-5-7-9(8)11/h4-7,12H,1-3H3. The zero-order chi connectivity index (χ0) is 12.4. The highest BCUT2D eigenvalue weighted by molar-refractivity contribution is 7.54. The fraction of sp³-hybridized carbons (Fsp3) is 0.400. The lowest BCUT2D eigenvalue weighted by molar-refractivity contribution is 0.0933. The summed E-state index contributed by atoms with van der Waals surface area (Å²) in [6.45, 7) is 1.35. The van der Waals surface area contributed by atoms with Gasteiger partial charge in [-0.25, -0.2) is 0 Å². The topological polar surface area (TPSA) is 55.8 Å². The van der Waals surface area contributed by atoms with E-state index in [9.17, 15) is 9.67 Å². The van der Waals surface area contributed by atoms with Crippen molar-refractivity contribution in [1.29, 1.82) is 0 Å². The molecule has 0 aromatic heterocycles. The third-order valence-corrected chi connectivity index (χ3v) is 5.00. The van der Waals surface area contributed by atoms with Crippen LogP contribution in [0.1, 0.15) is 12.5 Å². The summed E-state index contributed by atoms with van der Waals surface area (Å²) in [5, 5.41) is 8.81. The fourth-order valence-corrected chi connectivity index (χ4v) is 3.16. The first-order valence-corrected chi connectivity index (χ1v) is 6.50. The lowest BCUT2D eigenvalue weighted by Crippen LogP contribution is -2.23. The highest BCUT2D eigenvalue weighted by Crippen LogP contribution is 2.63. The van der Waals surface area contributed by atoms with Crippen molar-refractivity contribution in [3.05, 3.63) is 34.9 Å². The molecule has 0 heterocycles. The molecule has 1 N–H and O–H groups in total. The first-order valence-electron chi connectivity index (χ1n) is 4.58. The number of hydrogen-bond donors (Lipinski definition) is 1. The van der Waals surface area contributed by atoms with Gasteiger partial charge in [0.1, 0.15) is 0 Å². The van der Waals surface area contributed by atoms with Crippen LogP contribution in [0.3, 0.4) is 0 Å². The summed E-state index contributed by atoms with van der Waals surface area (Å²) >= 11 is 5.94. The van der Waals surface area contributed by atoms with Crippen molar-refractivity contribution in [1.82, 2.24) is 0 Å². The van der Waals surface area contributed by atoms with Gasteiger partial charge in [0.2, 0.25) is 0 Å². The van der Waals surface area contributed by atoms with E-state index < -0.39 is 12.9 Å². The average Bonchev–Trinajstić information content (AvgIpc) is 2.28. The zero-order valence-corrected chi connectivity index (χ0v) is 11.0. The molecule has 0 saturated heterocycles. The largest absolute Gasteiger partial charge is 0.373 e. The second kappa shape index (κ2) is 4.86. The quantitative estimate of drug-likeness (QED) is 0.850. The van der Waals surface area contributed by atoms with E-state index in [-0.39, 0.29) is 0 Å². The van der Waals surface area contributed by atoms with Gasteiger partial charge in [-0.3, -0.25) is 4.57 Å². The molecular formula is C10H14ClO4P. The minimum absolute atomic E-state index is 0.307. The Morgan fingerprint density at radius 3 is 2.25 bits per heavy atom. The van der Waals surface area contributed by atoms with E-state index in [4.69, 9.17) is 20.6 Å². The van der Waals surface area contributed by atoms with Crippen LogP contribution in [0.4, 0.5) is 0 Å². The molecule has 0 aliphatic rings. The molecule has 1 aromatic rings. The van der Waals surface area contributed by atoms with Crippen molar-refractivity contribution in [2.75, 3.05) is 14.2 Å². The Morgan fingerprint density at radius 1 is 1.31 bits per heavy atom. The highest BCUT2D eigenvalue weighted by atomic mass is 35.5. The third-order valence-electron chi connectivity index (χ3n) is 2.40. The molecule has 0 radical (unpaired) electrons. The maximum atomic E-state index is 12.2. The van der Waals surface area contributed by atoms with E-state index in [0.717, 1.165) is 0 Å². The van der Waals surface area contributed by atoms with Gasteiger partial charge in [-0.2, -0.15) is 0 Å². The van der Waals surface area contributed by atoms with E-state index in [1.807, 2.05) is 0 Å². The fourth-order valence-electron chi connectivity index (χ4n) is 1.42. The predicted octanol–water partition coefficient (Wildman–Crippen LogP) is 2.99. The summed E-state index contributed by atoms with van der Waals surface area (Å²) < 4.78 is 21.7. The first-order chi connectivity index (χ1) is 7.39. The van der Waals surface area contributed by atoms with E-state index in [0.29, 0.717) is 10.6 Å². The Balaban J connectivity index is 3.31. The lowest BCUT2D eigenvalue weighted by atomic mass is 10.1. The maximum absolute atomic E-state index is 12.2. The molecule has 1 aromatic carbocycles. The molecule has 0 saturated carbocycles. The Morgan fingerprint density at radius 2 is 1.81 bits per heavy atom. The van der Waals surface area contributed by atoms with Crippen molar-refractivity contribution in [3.63, 3.8) is 0 Å². The van der Waals surface area contributed by atoms with Crippen LogP contribution in [0.5, 0.6) is 0 Å². The van der Waals surface area contributed by atoms with Crippen LogP contribution < -0.4 is 0 Å². The van der Waals surface area contributed by atoms with Gasteiger partial charge in [0, 0.05) is 24.8 Å². The predicted molar refractivity (Wildman–Crippen MR) is 62.6 cm³/mol. The lowest BCUT2D eigenvalue weighted by Gasteiger charge is -2.30. The number of aliphatic hydroxyl groups is 1. The maximum Gasteiger partial charge on any atom is 0.365 e. The van der Waals surface area contributed by atoms with Gasteiger partial charge in [-0.1, -0.05) is 29.8 Å². The molecule has 0 bridgehead atoms. The van der Waals surface area contributed by atoms with E-state index >= 15 is 0 Å². The van der Waals surface area contributed by atoms with Gasteiger partial charge in [0.25, 0.3) is 0 Å². The van der Waals surface area contributed by atoms with E-state index in [1.165, 1.54) is 21.1 Å². The van der Waals surface area contributed by atoms with E-state index in [1.54, 1.807) is 24.3 Å². The molecule has 1 unspecified atom stereocenters. The molecule has 0 aliphatic carbocycles. The van der Waals surface area contributed by atoms with Crippen LogP contribution in [-0.4, -0.2) is 19.3 Å². The first kappa shape index (κ1) is 13.7. The summed E-state index contributed by atoms with van der Waals surface area (Å²) in [5.41, 5.74) is 0.309. The van der Waals surface area contributed by atoms with Gasteiger partial charge in [0.05, 0.1) is 0 Å². The molecule has 0 spiro atoms. The third kappa shape index (κ3) is 2.17. The van der Waals surface area contributed by atoms with Gasteiger partial charge in [-0.05, 0) is 13.0 Å². The second-order valence-electron chi connectivity index (χ2n) is 3.36. The Hall–Kier alpha value is -0.380.